The molecule has 0 saturated heterocycles. The average Bonchev–Trinajstić information content (AvgIpc) is 2.67. The Morgan fingerprint density at radius 2 is 1.74 bits per heavy atom. The number of hydrogen-bond acceptors (Lipinski definition) is 4. The van der Waals surface area contributed by atoms with Gasteiger partial charge in [0.1, 0.15) is 11.7 Å². The predicted octanol–water partition coefficient (Wildman–Crippen LogP) is 4.42. The van der Waals surface area contributed by atoms with Crippen LogP contribution in [-0.4, -0.2) is 13.1 Å². The van der Waals surface area contributed by atoms with Crippen LogP contribution in [0.25, 0.3) is 0 Å². The van der Waals surface area contributed by atoms with Crippen molar-refractivity contribution >= 4 is 5.69 Å². The molecule has 4 heteroatoms. The smallest absolute Gasteiger partial charge is 0.143 e. The van der Waals surface area contributed by atoms with Gasteiger partial charge in [0, 0.05) is 31.1 Å². The van der Waals surface area contributed by atoms with Gasteiger partial charge in [0.25, 0.3) is 0 Å². The third-order valence-corrected chi connectivity index (χ3v) is 5.81. The molecule has 3 heterocycles. The van der Waals surface area contributed by atoms with Crippen LogP contribution in [0.4, 0.5) is 5.69 Å². The lowest BCUT2D eigenvalue weighted by Crippen LogP contribution is -2.34. The molecule has 0 spiro atoms. The van der Waals surface area contributed by atoms with Crippen molar-refractivity contribution in [3.05, 3.63) is 52.5 Å². The van der Waals surface area contributed by atoms with Crippen LogP contribution in [0.2, 0.25) is 0 Å². The monoisotopic (exact) mass is 359 g/mol. The van der Waals surface area contributed by atoms with E-state index in [1.807, 2.05) is 19.1 Å². The molecule has 0 N–H and O–H groups in total. The fourth-order valence-electron chi connectivity index (χ4n) is 4.62. The second-order valence-electron chi connectivity index (χ2n) is 7.78. The fourth-order valence-corrected chi connectivity index (χ4v) is 4.62. The summed E-state index contributed by atoms with van der Waals surface area (Å²) in [4.78, 5) is 2.57. The minimum atomic E-state index is -0.655. The number of allylic oxidation sites excluding steroid dienone is 4. The Bertz CT molecular complexity index is 839. The van der Waals surface area contributed by atoms with Crippen LogP contribution in [0.3, 0.4) is 0 Å². The van der Waals surface area contributed by atoms with Crippen LogP contribution in [-0.2, 0) is 24.0 Å². The Balaban J connectivity index is 1.51. The first-order valence-corrected chi connectivity index (χ1v) is 9.94. The maximum absolute atomic E-state index is 9.18. The van der Waals surface area contributed by atoms with Crippen LogP contribution in [0.15, 0.2) is 35.8 Å². The summed E-state index contributed by atoms with van der Waals surface area (Å²) >= 11 is 0. The van der Waals surface area contributed by atoms with E-state index in [0.717, 1.165) is 24.4 Å². The maximum atomic E-state index is 9.18. The van der Waals surface area contributed by atoms with Gasteiger partial charge in [0.15, 0.2) is 0 Å². The van der Waals surface area contributed by atoms with E-state index in [-0.39, 0.29) is 5.92 Å². The molecule has 1 atom stereocenters. The first-order chi connectivity index (χ1) is 13.2. The molecule has 4 nitrogen and oxygen atoms in total. The lowest BCUT2D eigenvalue weighted by atomic mass is 9.88. The van der Waals surface area contributed by atoms with Crippen molar-refractivity contribution in [2.75, 3.05) is 18.0 Å². The van der Waals surface area contributed by atoms with Crippen molar-refractivity contribution in [2.45, 2.75) is 45.4 Å². The van der Waals surface area contributed by atoms with Crippen molar-refractivity contribution in [1.29, 1.82) is 10.5 Å². The highest BCUT2D eigenvalue weighted by Crippen LogP contribution is 2.36. The number of nitriles is 2. The molecule has 27 heavy (non-hydrogen) atoms. The predicted molar refractivity (Wildman–Crippen MR) is 105 cm³/mol. The van der Waals surface area contributed by atoms with Gasteiger partial charge in [0.05, 0.1) is 17.9 Å². The van der Waals surface area contributed by atoms with Crippen LogP contribution in [0.1, 0.15) is 42.9 Å². The van der Waals surface area contributed by atoms with Crippen molar-refractivity contribution in [2.24, 2.45) is 11.8 Å². The Labute approximate surface area is 161 Å². The minimum Gasteiger partial charge on any atom is -0.467 e. The minimum absolute atomic E-state index is 0.179. The van der Waals surface area contributed by atoms with Crippen LogP contribution in [0, 0.1) is 34.5 Å². The molecular weight excluding hydrogens is 334 g/mol. The van der Waals surface area contributed by atoms with Gasteiger partial charge >= 0.3 is 0 Å². The molecule has 1 unspecified atom stereocenters. The normalized spacial score (nSPS) is 20.7. The van der Waals surface area contributed by atoms with Crippen molar-refractivity contribution in [1.82, 2.24) is 0 Å². The molecule has 1 aromatic rings. The summed E-state index contributed by atoms with van der Waals surface area (Å²) < 4.78 is 5.87. The van der Waals surface area contributed by atoms with E-state index in [9.17, 15) is 10.5 Å². The third-order valence-electron chi connectivity index (χ3n) is 5.81. The van der Waals surface area contributed by atoms with E-state index < -0.39 is 5.92 Å². The molecule has 1 aromatic carbocycles. The van der Waals surface area contributed by atoms with Gasteiger partial charge in [-0.15, -0.1) is 0 Å². The van der Waals surface area contributed by atoms with E-state index in [4.69, 9.17) is 4.74 Å². The fraction of sp³-hybridized carbons (Fsp3) is 0.478. The zero-order chi connectivity index (χ0) is 18.8. The topological polar surface area (TPSA) is 60.0 Å². The zero-order valence-corrected chi connectivity index (χ0v) is 15.9. The highest BCUT2D eigenvalue weighted by atomic mass is 16.5. The SMILES string of the molecule is CC1=CC(C(C#N)C#N)C=C(CCc2cc3c4c(c2)CCCN4CCC3)O1. The van der Waals surface area contributed by atoms with E-state index >= 15 is 0 Å². The summed E-state index contributed by atoms with van der Waals surface area (Å²) in [6.45, 7) is 4.29. The number of rotatable bonds is 4. The molecule has 138 valence electrons. The maximum Gasteiger partial charge on any atom is 0.143 e. The average molecular weight is 359 g/mol. The Morgan fingerprint density at radius 1 is 1.07 bits per heavy atom. The van der Waals surface area contributed by atoms with Gasteiger partial charge in [-0.05, 0) is 67.9 Å². The first-order valence-electron chi connectivity index (χ1n) is 9.94. The second kappa shape index (κ2) is 7.49. The number of anilines is 1. The summed E-state index contributed by atoms with van der Waals surface area (Å²) in [5, 5.41) is 18.4. The Kier molecular flexibility index (Phi) is 4.90. The number of benzene rings is 1. The van der Waals surface area contributed by atoms with Crippen LogP contribution >= 0.6 is 0 Å². The van der Waals surface area contributed by atoms with Crippen molar-refractivity contribution in [3.8, 4) is 12.1 Å². The van der Waals surface area contributed by atoms with Gasteiger partial charge in [0.2, 0.25) is 0 Å². The highest BCUT2D eigenvalue weighted by Gasteiger charge is 2.25. The highest BCUT2D eigenvalue weighted by molar-refractivity contribution is 5.64. The number of ether oxygens (including phenoxy) is 1. The van der Waals surface area contributed by atoms with Crippen molar-refractivity contribution < 1.29 is 4.74 Å². The zero-order valence-electron chi connectivity index (χ0n) is 15.9. The van der Waals surface area contributed by atoms with Gasteiger partial charge in [-0.1, -0.05) is 12.1 Å². The van der Waals surface area contributed by atoms with E-state index in [0.29, 0.717) is 0 Å². The summed E-state index contributed by atoms with van der Waals surface area (Å²) in [6, 6.07) is 8.94. The van der Waals surface area contributed by atoms with Gasteiger partial charge < -0.3 is 9.64 Å². The Morgan fingerprint density at radius 3 is 2.37 bits per heavy atom. The standard InChI is InChI=1S/C23H25N3O/c1-16-10-20(21(14-24)15-25)13-22(27-16)7-6-17-11-18-4-2-8-26-9-3-5-19(12-17)23(18)26/h10-13,20-21H,2-9H2,1H3. The largest absolute Gasteiger partial charge is 0.467 e. The summed E-state index contributed by atoms with van der Waals surface area (Å²) in [5.41, 5.74) is 5.90. The van der Waals surface area contributed by atoms with Gasteiger partial charge in [-0.2, -0.15) is 10.5 Å². The first kappa shape index (κ1) is 17.7. The molecule has 4 rings (SSSR count). The summed E-state index contributed by atoms with van der Waals surface area (Å²) in [6.07, 6.45) is 10.4. The molecule has 3 aliphatic rings. The lowest BCUT2D eigenvalue weighted by Gasteiger charge is -2.37. The lowest BCUT2D eigenvalue weighted by molar-refractivity contribution is 0.273. The van der Waals surface area contributed by atoms with E-state index in [2.05, 4.69) is 29.2 Å². The number of nitrogens with zero attached hydrogens (tertiary/aromatic N) is 3. The molecule has 0 bridgehead atoms. The van der Waals surface area contributed by atoms with Crippen LogP contribution in [0.5, 0.6) is 0 Å². The molecular formula is C23H25N3O. The summed E-state index contributed by atoms with van der Waals surface area (Å²) in [5.74, 6) is 0.827. The molecule has 0 saturated carbocycles. The van der Waals surface area contributed by atoms with Crippen LogP contribution < -0.4 is 4.90 Å². The number of aryl methyl sites for hydroxylation is 3. The Hall–Kier alpha value is -2.72. The number of hydrogen-bond donors (Lipinski definition) is 0. The molecule has 0 radical (unpaired) electrons. The molecule has 0 aromatic heterocycles. The summed E-state index contributed by atoms with van der Waals surface area (Å²) in [7, 11) is 0. The second-order valence-corrected chi connectivity index (χ2v) is 7.78. The molecule has 0 amide bonds. The molecule has 0 fully saturated rings. The molecule has 3 aliphatic heterocycles. The van der Waals surface area contributed by atoms with E-state index in [1.54, 1.807) is 0 Å². The third kappa shape index (κ3) is 3.58. The quantitative estimate of drug-likeness (QED) is 0.799. The van der Waals surface area contributed by atoms with E-state index in [1.165, 1.54) is 61.2 Å². The van der Waals surface area contributed by atoms with Gasteiger partial charge in [-0.25, -0.2) is 0 Å². The van der Waals surface area contributed by atoms with Gasteiger partial charge in [-0.3, -0.25) is 0 Å². The molecule has 0 aliphatic carbocycles. The van der Waals surface area contributed by atoms with Crippen molar-refractivity contribution in [3.63, 3.8) is 0 Å².